The molecule has 0 amide bonds. The number of carbonyl (C=O) groups excluding carboxylic acids is 2. The molecule has 0 saturated carbocycles. The summed E-state index contributed by atoms with van der Waals surface area (Å²) in [6.45, 7) is 2.48. The number of rotatable bonds is 7. The zero-order valence-electron chi connectivity index (χ0n) is 15.1. The van der Waals surface area contributed by atoms with Crippen LogP contribution in [-0.2, 0) is 0 Å². The number of hydrogen-bond acceptors (Lipinski definition) is 4. The third-order valence-electron chi connectivity index (χ3n) is 4.45. The third-order valence-corrected chi connectivity index (χ3v) is 4.45. The fourth-order valence-electron chi connectivity index (χ4n) is 3.00. The largest absolute Gasteiger partial charge is 0.395 e. The van der Waals surface area contributed by atoms with Gasteiger partial charge in [0.25, 0.3) is 0 Å². The molecule has 3 aromatic rings. The summed E-state index contributed by atoms with van der Waals surface area (Å²) in [4.78, 5) is 23.8. The van der Waals surface area contributed by atoms with Gasteiger partial charge in [-0.1, -0.05) is 42.5 Å². The number of aliphatic hydroxyl groups excluding tert-OH is 1. The van der Waals surface area contributed by atoms with Crippen LogP contribution in [0.3, 0.4) is 0 Å². The van der Waals surface area contributed by atoms with Gasteiger partial charge in [-0.15, -0.1) is 0 Å². The number of hydrogen-bond donors (Lipinski definition) is 2. The van der Waals surface area contributed by atoms with Crippen LogP contribution in [0.15, 0.2) is 60.7 Å². The Kier molecular flexibility index (Phi) is 5.79. The summed E-state index contributed by atoms with van der Waals surface area (Å²) in [5.74, 6) is -0.112. The second kappa shape index (κ2) is 8.43. The normalized spacial score (nSPS) is 11.0. The van der Waals surface area contributed by atoms with Crippen LogP contribution in [0.1, 0.15) is 31.8 Å². The Labute approximate surface area is 158 Å². The topological polar surface area (TPSA) is 66.4 Å². The van der Waals surface area contributed by atoms with E-state index >= 15 is 0 Å². The van der Waals surface area contributed by atoms with E-state index in [2.05, 4.69) is 5.32 Å². The molecule has 0 bridgehead atoms. The first-order valence-corrected chi connectivity index (χ1v) is 8.78. The number of aliphatic hydroxyl groups is 1. The van der Waals surface area contributed by atoms with E-state index in [1.54, 1.807) is 18.2 Å². The van der Waals surface area contributed by atoms with Gasteiger partial charge in [0.05, 0.1) is 6.61 Å². The predicted octanol–water partition coefficient (Wildman–Crippen LogP) is 4.26. The monoisotopic (exact) mass is 359 g/mol. The number of aryl methyl sites for hydroxylation is 1. The predicted molar refractivity (Wildman–Crippen MR) is 109 cm³/mol. The molecular formula is C23H21NO3. The molecule has 0 unspecified atom stereocenters. The maximum absolute atomic E-state index is 12.6. The number of nitrogens with one attached hydrogen (secondary N) is 1. The molecule has 0 aromatic heterocycles. The van der Waals surface area contributed by atoms with Crippen molar-refractivity contribution in [3.8, 4) is 0 Å². The molecule has 3 rings (SSSR count). The minimum atomic E-state index is -0.112. The van der Waals surface area contributed by atoms with E-state index in [-0.39, 0.29) is 12.4 Å². The Bertz CT molecular complexity index is 1020. The second-order valence-electron chi connectivity index (χ2n) is 6.32. The first-order valence-electron chi connectivity index (χ1n) is 8.78. The van der Waals surface area contributed by atoms with Crippen LogP contribution in [0, 0.1) is 6.92 Å². The van der Waals surface area contributed by atoms with Crippen molar-refractivity contribution in [3.05, 3.63) is 82.9 Å². The molecule has 3 aromatic carbocycles. The van der Waals surface area contributed by atoms with Crippen LogP contribution in [0.25, 0.3) is 16.8 Å². The van der Waals surface area contributed by atoms with Gasteiger partial charge >= 0.3 is 0 Å². The van der Waals surface area contributed by atoms with Crippen LogP contribution >= 0.6 is 0 Å². The van der Waals surface area contributed by atoms with Crippen molar-refractivity contribution in [2.24, 2.45) is 0 Å². The van der Waals surface area contributed by atoms with Crippen LogP contribution < -0.4 is 5.32 Å². The van der Waals surface area contributed by atoms with Gasteiger partial charge in [-0.3, -0.25) is 9.59 Å². The smallest absolute Gasteiger partial charge is 0.185 e. The molecule has 0 aliphatic rings. The van der Waals surface area contributed by atoms with Gasteiger partial charge in [-0.25, -0.2) is 0 Å². The number of allylic oxidation sites excluding steroid dienone is 1. The number of benzene rings is 3. The molecule has 0 saturated heterocycles. The average molecular weight is 359 g/mol. The number of anilines is 1. The molecule has 0 aliphatic carbocycles. The zero-order valence-corrected chi connectivity index (χ0v) is 15.1. The summed E-state index contributed by atoms with van der Waals surface area (Å²) < 4.78 is 0. The molecule has 136 valence electrons. The number of ketones is 1. The first kappa shape index (κ1) is 18.5. The molecule has 0 atom stereocenters. The highest BCUT2D eigenvalue weighted by atomic mass is 16.3. The fraction of sp³-hybridized carbons (Fsp3) is 0.130. The molecule has 2 N–H and O–H groups in total. The van der Waals surface area contributed by atoms with E-state index in [1.165, 1.54) is 6.08 Å². The van der Waals surface area contributed by atoms with Crippen molar-refractivity contribution in [3.63, 3.8) is 0 Å². The minimum absolute atomic E-state index is 0.0739. The molecule has 0 fully saturated rings. The standard InChI is InChI=1S/C23H21NO3/c1-16-3-2-4-20(15-26)22(16)9-10-23(27)19-6-5-18-14-21(24-11-12-25)8-7-17(18)13-19/h2-10,13-15,24-25H,11-12H2,1H3/b10-9+. The van der Waals surface area contributed by atoms with Crippen molar-refractivity contribution in [1.82, 2.24) is 0 Å². The van der Waals surface area contributed by atoms with Crippen molar-refractivity contribution >= 4 is 34.6 Å². The van der Waals surface area contributed by atoms with Crippen LogP contribution in [0.2, 0.25) is 0 Å². The summed E-state index contributed by atoms with van der Waals surface area (Å²) in [6, 6.07) is 16.9. The van der Waals surface area contributed by atoms with Crippen molar-refractivity contribution in [1.29, 1.82) is 0 Å². The number of carbonyl (C=O) groups is 2. The van der Waals surface area contributed by atoms with E-state index < -0.39 is 0 Å². The maximum Gasteiger partial charge on any atom is 0.185 e. The maximum atomic E-state index is 12.6. The molecule has 0 heterocycles. The molecule has 27 heavy (non-hydrogen) atoms. The van der Waals surface area contributed by atoms with Crippen LogP contribution in [0.5, 0.6) is 0 Å². The van der Waals surface area contributed by atoms with Crippen molar-refractivity contribution in [2.75, 3.05) is 18.5 Å². The second-order valence-corrected chi connectivity index (χ2v) is 6.32. The van der Waals surface area contributed by atoms with Gasteiger partial charge in [-0.05, 0) is 53.1 Å². The highest BCUT2D eigenvalue weighted by Gasteiger charge is 2.06. The number of fused-ring (bicyclic) bond motifs is 1. The van der Waals surface area contributed by atoms with E-state index in [1.807, 2.05) is 49.4 Å². The Morgan fingerprint density at radius 2 is 1.85 bits per heavy atom. The summed E-state index contributed by atoms with van der Waals surface area (Å²) in [7, 11) is 0. The summed E-state index contributed by atoms with van der Waals surface area (Å²) in [5, 5.41) is 14.0. The highest BCUT2D eigenvalue weighted by molar-refractivity contribution is 6.09. The van der Waals surface area contributed by atoms with E-state index in [0.29, 0.717) is 17.7 Å². The van der Waals surface area contributed by atoms with E-state index in [4.69, 9.17) is 5.11 Å². The molecular weight excluding hydrogens is 338 g/mol. The van der Waals surface area contributed by atoms with Crippen LogP contribution in [-0.4, -0.2) is 30.3 Å². The van der Waals surface area contributed by atoms with Gasteiger partial charge in [0.2, 0.25) is 0 Å². The zero-order chi connectivity index (χ0) is 19.2. The molecule has 0 radical (unpaired) electrons. The summed E-state index contributed by atoms with van der Waals surface area (Å²) >= 11 is 0. The van der Waals surface area contributed by atoms with E-state index in [9.17, 15) is 9.59 Å². The molecule has 4 heteroatoms. The highest BCUT2D eigenvalue weighted by Crippen LogP contribution is 2.21. The Morgan fingerprint density at radius 3 is 2.63 bits per heavy atom. The first-order chi connectivity index (χ1) is 13.1. The molecule has 4 nitrogen and oxygen atoms in total. The summed E-state index contributed by atoms with van der Waals surface area (Å²) in [6.07, 6.45) is 4.01. The fourth-order valence-corrected chi connectivity index (χ4v) is 3.00. The lowest BCUT2D eigenvalue weighted by molar-refractivity contribution is 0.104. The third kappa shape index (κ3) is 4.30. The van der Waals surface area contributed by atoms with Gasteiger partial charge < -0.3 is 10.4 Å². The molecule has 0 spiro atoms. The molecule has 0 aliphatic heterocycles. The SMILES string of the molecule is Cc1cccc(C=O)c1/C=C/C(=O)c1ccc2cc(NCCO)ccc2c1. The van der Waals surface area contributed by atoms with Gasteiger partial charge in [-0.2, -0.15) is 0 Å². The average Bonchev–Trinajstić information content (AvgIpc) is 2.70. The minimum Gasteiger partial charge on any atom is -0.395 e. The van der Waals surface area contributed by atoms with Gasteiger partial charge in [0, 0.05) is 23.4 Å². The van der Waals surface area contributed by atoms with Gasteiger partial charge in [0.15, 0.2) is 12.1 Å². The lowest BCUT2D eigenvalue weighted by Gasteiger charge is -2.07. The van der Waals surface area contributed by atoms with E-state index in [0.717, 1.165) is 33.9 Å². The Morgan fingerprint density at radius 1 is 1.07 bits per heavy atom. The lowest BCUT2D eigenvalue weighted by Crippen LogP contribution is -2.05. The van der Waals surface area contributed by atoms with Crippen molar-refractivity contribution < 1.29 is 14.7 Å². The van der Waals surface area contributed by atoms with Crippen molar-refractivity contribution in [2.45, 2.75) is 6.92 Å². The number of aldehydes is 1. The Hall–Kier alpha value is -3.24. The van der Waals surface area contributed by atoms with Gasteiger partial charge in [0.1, 0.15) is 0 Å². The van der Waals surface area contributed by atoms with Crippen LogP contribution in [0.4, 0.5) is 5.69 Å². The quantitative estimate of drug-likeness (QED) is 0.376. The summed E-state index contributed by atoms with van der Waals surface area (Å²) in [5.41, 5.74) is 3.80. The lowest BCUT2D eigenvalue weighted by atomic mass is 10.00. The Balaban J connectivity index is 1.85.